The minimum atomic E-state index is 0.864. The number of fused-ring (bicyclic) bond motifs is 1. The summed E-state index contributed by atoms with van der Waals surface area (Å²) in [5, 5.41) is 0. The van der Waals surface area contributed by atoms with Crippen molar-refractivity contribution in [2.24, 2.45) is 0 Å². The molecule has 0 saturated carbocycles. The molecule has 0 unspecified atom stereocenters. The van der Waals surface area contributed by atoms with Gasteiger partial charge in [-0.05, 0) is 23.6 Å². The zero-order valence-electron chi connectivity index (χ0n) is 6.76. The van der Waals surface area contributed by atoms with Gasteiger partial charge in [-0.25, -0.2) is 0 Å². The predicted molar refractivity (Wildman–Crippen MR) is 45.0 cm³/mol. The van der Waals surface area contributed by atoms with Crippen molar-refractivity contribution >= 4 is 0 Å². The number of aryl methyl sites for hydroxylation is 1. The first-order chi connectivity index (χ1) is 5.40. The molecule has 1 heterocycles. The molecular formula is C10H12O. The van der Waals surface area contributed by atoms with Crippen molar-refractivity contribution in [2.75, 3.05) is 6.61 Å². The molecule has 0 amide bonds. The highest BCUT2D eigenvalue weighted by atomic mass is 16.5. The third kappa shape index (κ3) is 1.11. The summed E-state index contributed by atoms with van der Waals surface area (Å²) in [6, 6.07) is 6.48. The average molecular weight is 148 g/mol. The van der Waals surface area contributed by atoms with Crippen molar-refractivity contribution in [2.45, 2.75) is 19.8 Å². The fourth-order valence-electron chi connectivity index (χ4n) is 1.46. The Morgan fingerprint density at radius 1 is 1.45 bits per heavy atom. The molecule has 0 N–H and O–H groups in total. The Kier molecular flexibility index (Phi) is 1.57. The van der Waals surface area contributed by atoms with E-state index in [2.05, 4.69) is 25.1 Å². The lowest BCUT2D eigenvalue weighted by molar-refractivity contribution is 0.357. The van der Waals surface area contributed by atoms with Crippen LogP contribution in [0.2, 0.25) is 0 Å². The summed E-state index contributed by atoms with van der Waals surface area (Å²) in [6.45, 7) is 3.04. The van der Waals surface area contributed by atoms with Gasteiger partial charge in [-0.2, -0.15) is 0 Å². The Morgan fingerprint density at radius 2 is 2.36 bits per heavy atom. The maximum absolute atomic E-state index is 5.40. The van der Waals surface area contributed by atoms with E-state index in [1.807, 2.05) is 0 Å². The highest BCUT2D eigenvalue weighted by Gasteiger charge is 2.10. The van der Waals surface area contributed by atoms with Gasteiger partial charge in [-0.15, -0.1) is 0 Å². The van der Waals surface area contributed by atoms with Crippen LogP contribution in [0, 0.1) is 0 Å². The molecule has 1 aliphatic rings. The minimum Gasteiger partial charge on any atom is -0.493 e. The van der Waals surface area contributed by atoms with E-state index in [-0.39, 0.29) is 0 Å². The molecular weight excluding hydrogens is 136 g/mol. The molecule has 0 fully saturated rings. The van der Waals surface area contributed by atoms with Gasteiger partial charge in [0.1, 0.15) is 5.75 Å². The molecule has 11 heavy (non-hydrogen) atoms. The zero-order chi connectivity index (χ0) is 7.68. The van der Waals surface area contributed by atoms with Crippen LogP contribution >= 0.6 is 0 Å². The van der Waals surface area contributed by atoms with Crippen LogP contribution in [0.1, 0.15) is 18.1 Å². The minimum absolute atomic E-state index is 0.864. The first-order valence-electron chi connectivity index (χ1n) is 4.15. The van der Waals surface area contributed by atoms with Crippen LogP contribution in [-0.2, 0) is 12.8 Å². The molecule has 58 valence electrons. The number of ether oxygens (including phenoxy) is 1. The topological polar surface area (TPSA) is 9.23 Å². The van der Waals surface area contributed by atoms with Gasteiger partial charge in [-0.1, -0.05) is 19.1 Å². The van der Waals surface area contributed by atoms with Gasteiger partial charge in [0.2, 0.25) is 0 Å². The largest absolute Gasteiger partial charge is 0.493 e. The van der Waals surface area contributed by atoms with E-state index in [9.17, 15) is 0 Å². The van der Waals surface area contributed by atoms with Gasteiger partial charge >= 0.3 is 0 Å². The third-order valence-corrected chi connectivity index (χ3v) is 2.16. The fourth-order valence-corrected chi connectivity index (χ4v) is 1.46. The lowest BCUT2D eigenvalue weighted by Gasteiger charge is -2.00. The van der Waals surface area contributed by atoms with Crippen LogP contribution in [0.3, 0.4) is 0 Å². The molecule has 1 aromatic rings. The summed E-state index contributed by atoms with van der Waals surface area (Å²) in [4.78, 5) is 0. The maximum atomic E-state index is 5.40. The molecule has 0 atom stereocenters. The molecule has 1 aliphatic heterocycles. The van der Waals surface area contributed by atoms with E-state index in [0.29, 0.717) is 0 Å². The van der Waals surface area contributed by atoms with Gasteiger partial charge in [0.25, 0.3) is 0 Å². The van der Waals surface area contributed by atoms with Gasteiger partial charge in [0.15, 0.2) is 0 Å². The van der Waals surface area contributed by atoms with Crippen molar-refractivity contribution in [3.8, 4) is 5.75 Å². The van der Waals surface area contributed by atoms with E-state index in [1.54, 1.807) is 0 Å². The summed E-state index contributed by atoms with van der Waals surface area (Å²) in [6.07, 6.45) is 2.20. The van der Waals surface area contributed by atoms with Crippen LogP contribution in [-0.4, -0.2) is 6.61 Å². The second-order valence-corrected chi connectivity index (χ2v) is 2.89. The molecule has 1 nitrogen and oxygen atoms in total. The van der Waals surface area contributed by atoms with E-state index in [0.717, 1.165) is 25.2 Å². The first-order valence-corrected chi connectivity index (χ1v) is 4.15. The average Bonchev–Trinajstić information content (AvgIpc) is 2.50. The number of benzene rings is 1. The molecule has 2 rings (SSSR count). The zero-order valence-corrected chi connectivity index (χ0v) is 6.76. The first kappa shape index (κ1) is 6.71. The van der Waals surface area contributed by atoms with Crippen molar-refractivity contribution in [3.05, 3.63) is 29.3 Å². The van der Waals surface area contributed by atoms with Crippen LogP contribution < -0.4 is 4.74 Å². The predicted octanol–water partition coefficient (Wildman–Crippen LogP) is 2.18. The lowest BCUT2D eigenvalue weighted by atomic mass is 10.1. The molecule has 1 heteroatoms. The summed E-state index contributed by atoms with van der Waals surface area (Å²) >= 11 is 0. The Morgan fingerprint density at radius 3 is 3.18 bits per heavy atom. The highest BCUT2D eigenvalue weighted by Crippen LogP contribution is 2.25. The van der Waals surface area contributed by atoms with Gasteiger partial charge in [-0.3, -0.25) is 0 Å². The van der Waals surface area contributed by atoms with Crippen LogP contribution in [0.5, 0.6) is 5.75 Å². The molecule has 0 bridgehead atoms. The van der Waals surface area contributed by atoms with E-state index in [1.165, 1.54) is 11.1 Å². The molecule has 0 radical (unpaired) electrons. The maximum Gasteiger partial charge on any atom is 0.122 e. The third-order valence-electron chi connectivity index (χ3n) is 2.16. The normalized spacial score (nSPS) is 14.3. The van der Waals surface area contributed by atoms with Crippen LogP contribution in [0.15, 0.2) is 18.2 Å². The monoisotopic (exact) mass is 148 g/mol. The molecule has 0 saturated heterocycles. The van der Waals surface area contributed by atoms with E-state index < -0.39 is 0 Å². The van der Waals surface area contributed by atoms with Gasteiger partial charge in [0, 0.05) is 6.42 Å². The van der Waals surface area contributed by atoms with Crippen LogP contribution in [0.25, 0.3) is 0 Å². The second kappa shape index (κ2) is 2.57. The quantitative estimate of drug-likeness (QED) is 0.593. The highest BCUT2D eigenvalue weighted by molar-refractivity contribution is 5.39. The van der Waals surface area contributed by atoms with E-state index >= 15 is 0 Å². The van der Waals surface area contributed by atoms with Crippen molar-refractivity contribution < 1.29 is 4.74 Å². The van der Waals surface area contributed by atoms with Crippen LogP contribution in [0.4, 0.5) is 0 Å². The molecule has 1 aromatic carbocycles. The standard InChI is InChI=1S/C10H12O/c1-2-8-3-4-10-9(7-8)5-6-11-10/h3-4,7H,2,5-6H2,1H3. The molecule has 0 spiro atoms. The van der Waals surface area contributed by atoms with E-state index in [4.69, 9.17) is 4.74 Å². The Labute approximate surface area is 67.0 Å². The second-order valence-electron chi connectivity index (χ2n) is 2.89. The van der Waals surface area contributed by atoms with Crippen molar-refractivity contribution in [3.63, 3.8) is 0 Å². The summed E-state index contributed by atoms with van der Waals surface area (Å²) in [7, 11) is 0. The number of rotatable bonds is 1. The number of hydrogen-bond donors (Lipinski definition) is 0. The summed E-state index contributed by atoms with van der Waals surface area (Å²) < 4.78 is 5.40. The smallest absolute Gasteiger partial charge is 0.122 e. The lowest BCUT2D eigenvalue weighted by Crippen LogP contribution is -1.85. The van der Waals surface area contributed by atoms with Gasteiger partial charge < -0.3 is 4.74 Å². The Balaban J connectivity index is 2.41. The van der Waals surface area contributed by atoms with Gasteiger partial charge in [0.05, 0.1) is 6.61 Å². The van der Waals surface area contributed by atoms with Crippen molar-refractivity contribution in [1.82, 2.24) is 0 Å². The number of hydrogen-bond acceptors (Lipinski definition) is 1. The summed E-state index contributed by atoms with van der Waals surface area (Å²) in [5.41, 5.74) is 2.79. The summed E-state index contributed by atoms with van der Waals surface area (Å²) in [5.74, 6) is 1.09. The SMILES string of the molecule is CCc1ccc2c(c1)CCO2. The Hall–Kier alpha value is -0.980. The fraction of sp³-hybridized carbons (Fsp3) is 0.400. The molecule has 0 aromatic heterocycles. The van der Waals surface area contributed by atoms with Crippen molar-refractivity contribution in [1.29, 1.82) is 0 Å². The molecule has 0 aliphatic carbocycles. The Bertz CT molecular complexity index is 266.